The summed E-state index contributed by atoms with van der Waals surface area (Å²) in [6.45, 7) is 2.27. The molecule has 0 N–H and O–H groups in total. The molecule has 0 radical (unpaired) electrons. The summed E-state index contributed by atoms with van der Waals surface area (Å²) in [6.07, 6.45) is 0. The Labute approximate surface area is 68.4 Å². The molecular formula is C6H8O2S2. The zero-order chi connectivity index (χ0) is 7.40. The van der Waals surface area contributed by atoms with E-state index in [1.54, 1.807) is 11.8 Å². The zero-order valence-electron chi connectivity index (χ0n) is 5.62. The van der Waals surface area contributed by atoms with Crippen molar-refractivity contribution < 1.29 is 9.53 Å². The maximum Gasteiger partial charge on any atom is 0.345 e. The van der Waals surface area contributed by atoms with E-state index in [-0.39, 0.29) is 5.97 Å². The fourth-order valence-corrected chi connectivity index (χ4v) is 2.50. The molecule has 0 aromatic carbocycles. The summed E-state index contributed by atoms with van der Waals surface area (Å²) >= 11 is 3.18. The molecule has 0 amide bonds. The third-order valence-electron chi connectivity index (χ3n) is 0.949. The molecule has 0 fully saturated rings. The van der Waals surface area contributed by atoms with Crippen molar-refractivity contribution in [3.63, 3.8) is 0 Å². The van der Waals surface area contributed by atoms with Gasteiger partial charge in [0.25, 0.3) is 0 Å². The average Bonchev–Trinajstić information content (AvgIpc) is 2.38. The molecule has 0 spiro atoms. The molecule has 0 atom stereocenters. The number of thioether (sulfide) groups is 2. The summed E-state index contributed by atoms with van der Waals surface area (Å²) in [4.78, 5) is 11.7. The molecule has 0 unspecified atom stereocenters. The van der Waals surface area contributed by atoms with Gasteiger partial charge in [0.05, 0.1) is 11.5 Å². The monoisotopic (exact) mass is 176 g/mol. The van der Waals surface area contributed by atoms with Crippen LogP contribution in [-0.4, -0.2) is 17.7 Å². The van der Waals surface area contributed by atoms with E-state index in [1.165, 1.54) is 11.8 Å². The lowest BCUT2D eigenvalue weighted by molar-refractivity contribution is -0.137. The van der Waals surface area contributed by atoms with Crippen molar-refractivity contribution in [2.75, 3.05) is 11.7 Å². The van der Waals surface area contributed by atoms with E-state index in [0.29, 0.717) is 6.61 Å². The number of carbonyl (C=O) groups is 1. The van der Waals surface area contributed by atoms with Crippen molar-refractivity contribution in [1.29, 1.82) is 0 Å². The van der Waals surface area contributed by atoms with E-state index in [4.69, 9.17) is 4.74 Å². The smallest absolute Gasteiger partial charge is 0.345 e. The molecule has 1 heterocycles. The Kier molecular flexibility index (Phi) is 3.15. The first-order valence-electron chi connectivity index (χ1n) is 2.96. The number of rotatable bonds is 2. The van der Waals surface area contributed by atoms with Crippen LogP contribution in [0.2, 0.25) is 0 Å². The highest BCUT2D eigenvalue weighted by Gasteiger charge is 2.14. The van der Waals surface area contributed by atoms with E-state index in [2.05, 4.69) is 0 Å². The fourth-order valence-electron chi connectivity index (χ4n) is 0.550. The van der Waals surface area contributed by atoms with Crippen LogP contribution in [0.3, 0.4) is 0 Å². The van der Waals surface area contributed by atoms with Gasteiger partial charge in [0.15, 0.2) is 0 Å². The first-order valence-corrected chi connectivity index (χ1v) is 4.99. The molecule has 1 aliphatic heterocycles. The van der Waals surface area contributed by atoms with E-state index in [1.807, 2.05) is 12.3 Å². The Morgan fingerprint density at radius 2 is 2.70 bits per heavy atom. The minimum absolute atomic E-state index is 0.183. The second kappa shape index (κ2) is 3.93. The molecule has 0 saturated heterocycles. The molecule has 2 nitrogen and oxygen atoms in total. The molecule has 1 rings (SSSR count). The SMILES string of the molecule is CCOC(=O)C1=CSCS1. The second-order valence-corrected chi connectivity index (χ2v) is 3.87. The summed E-state index contributed by atoms with van der Waals surface area (Å²) in [5.41, 5.74) is 0. The second-order valence-electron chi connectivity index (χ2n) is 1.63. The van der Waals surface area contributed by atoms with Crippen LogP contribution in [0.4, 0.5) is 0 Å². The molecule has 0 saturated carbocycles. The van der Waals surface area contributed by atoms with Crippen LogP contribution in [0.5, 0.6) is 0 Å². The van der Waals surface area contributed by atoms with E-state index < -0.39 is 0 Å². The number of ether oxygens (including phenoxy) is 1. The first-order chi connectivity index (χ1) is 4.84. The zero-order valence-corrected chi connectivity index (χ0v) is 7.26. The minimum Gasteiger partial charge on any atom is -0.462 e. The highest BCUT2D eigenvalue weighted by molar-refractivity contribution is 8.22. The van der Waals surface area contributed by atoms with Crippen LogP contribution in [0, 0.1) is 0 Å². The third-order valence-corrected chi connectivity index (χ3v) is 3.11. The van der Waals surface area contributed by atoms with Crippen LogP contribution >= 0.6 is 23.5 Å². The molecule has 0 aromatic rings. The van der Waals surface area contributed by atoms with Crippen molar-refractivity contribution in [2.45, 2.75) is 6.92 Å². The standard InChI is InChI=1S/C6H8O2S2/c1-2-8-6(7)5-3-9-4-10-5/h3H,2,4H2,1H3. The van der Waals surface area contributed by atoms with Gasteiger partial charge in [-0.15, -0.1) is 23.5 Å². The van der Waals surface area contributed by atoms with Gasteiger partial charge in [-0.05, 0) is 12.3 Å². The fraction of sp³-hybridized carbons (Fsp3) is 0.500. The van der Waals surface area contributed by atoms with E-state index in [0.717, 1.165) is 9.99 Å². The summed E-state index contributed by atoms with van der Waals surface area (Å²) in [7, 11) is 0. The maximum absolute atomic E-state index is 10.9. The topological polar surface area (TPSA) is 26.3 Å². The normalized spacial score (nSPS) is 16.7. The number of esters is 1. The van der Waals surface area contributed by atoms with Gasteiger partial charge in [-0.25, -0.2) is 4.79 Å². The molecule has 0 bridgehead atoms. The molecular weight excluding hydrogens is 168 g/mol. The van der Waals surface area contributed by atoms with Crippen molar-refractivity contribution in [2.24, 2.45) is 0 Å². The molecule has 1 aliphatic rings. The Hall–Kier alpha value is -0.0900. The van der Waals surface area contributed by atoms with Gasteiger partial charge in [-0.2, -0.15) is 0 Å². The van der Waals surface area contributed by atoms with Crippen LogP contribution in [-0.2, 0) is 9.53 Å². The van der Waals surface area contributed by atoms with Crippen LogP contribution in [0.1, 0.15) is 6.92 Å². The quantitative estimate of drug-likeness (QED) is 0.600. The third kappa shape index (κ3) is 1.95. The van der Waals surface area contributed by atoms with Gasteiger partial charge in [-0.3, -0.25) is 0 Å². The minimum atomic E-state index is -0.183. The van der Waals surface area contributed by atoms with Crippen molar-refractivity contribution in [1.82, 2.24) is 0 Å². The predicted octanol–water partition coefficient (Wildman–Crippen LogP) is 1.83. The van der Waals surface area contributed by atoms with Gasteiger partial charge in [0, 0.05) is 5.08 Å². The molecule has 56 valence electrons. The molecule has 0 aliphatic carbocycles. The van der Waals surface area contributed by atoms with Gasteiger partial charge in [-0.1, -0.05) is 0 Å². The molecule has 4 heteroatoms. The first kappa shape index (κ1) is 8.01. The van der Waals surface area contributed by atoms with Crippen LogP contribution in [0.25, 0.3) is 0 Å². The molecule has 10 heavy (non-hydrogen) atoms. The van der Waals surface area contributed by atoms with Gasteiger partial charge < -0.3 is 4.74 Å². The molecule has 0 aromatic heterocycles. The Morgan fingerprint density at radius 3 is 3.20 bits per heavy atom. The van der Waals surface area contributed by atoms with Gasteiger partial charge in [0.1, 0.15) is 0 Å². The average molecular weight is 176 g/mol. The van der Waals surface area contributed by atoms with Crippen LogP contribution < -0.4 is 0 Å². The maximum atomic E-state index is 10.9. The number of hydrogen-bond donors (Lipinski definition) is 0. The lowest BCUT2D eigenvalue weighted by Crippen LogP contribution is -2.03. The van der Waals surface area contributed by atoms with E-state index in [9.17, 15) is 4.79 Å². The lowest BCUT2D eigenvalue weighted by Gasteiger charge is -1.98. The summed E-state index contributed by atoms with van der Waals surface area (Å²) in [6, 6.07) is 0. The van der Waals surface area contributed by atoms with Gasteiger partial charge in [0.2, 0.25) is 0 Å². The Morgan fingerprint density at radius 1 is 1.90 bits per heavy atom. The number of carbonyl (C=O) groups excluding carboxylic acids is 1. The van der Waals surface area contributed by atoms with Crippen molar-refractivity contribution >= 4 is 29.5 Å². The van der Waals surface area contributed by atoms with Crippen LogP contribution in [0.15, 0.2) is 10.3 Å². The summed E-state index contributed by atoms with van der Waals surface area (Å²) in [5.74, 6) is -0.183. The Balaban J connectivity index is 2.40. The predicted molar refractivity (Wildman–Crippen MR) is 44.8 cm³/mol. The van der Waals surface area contributed by atoms with E-state index >= 15 is 0 Å². The van der Waals surface area contributed by atoms with Crippen molar-refractivity contribution in [3.05, 3.63) is 10.3 Å². The summed E-state index contributed by atoms with van der Waals surface area (Å²) < 4.78 is 4.78. The Bertz CT molecular complexity index is 165. The number of hydrogen-bond acceptors (Lipinski definition) is 4. The highest BCUT2D eigenvalue weighted by atomic mass is 32.2. The van der Waals surface area contributed by atoms with Crippen molar-refractivity contribution in [3.8, 4) is 0 Å². The largest absolute Gasteiger partial charge is 0.462 e. The lowest BCUT2D eigenvalue weighted by atomic mass is 10.6. The highest BCUT2D eigenvalue weighted by Crippen LogP contribution is 2.32. The van der Waals surface area contributed by atoms with Gasteiger partial charge >= 0.3 is 5.97 Å². The summed E-state index contributed by atoms with van der Waals surface area (Å²) in [5, 5.41) is 2.79.